The zero-order chi connectivity index (χ0) is 14.9. The highest BCUT2D eigenvalue weighted by Gasteiger charge is 2.18. The number of carbonyl (C=O) groups excluding carboxylic acids is 1. The Hall–Kier alpha value is -2.22. The topological polar surface area (TPSA) is 77.2 Å². The molecule has 0 atom stereocenters. The number of halogens is 2. The van der Waals surface area contributed by atoms with E-state index in [-0.39, 0.29) is 17.1 Å². The van der Waals surface area contributed by atoms with Crippen molar-refractivity contribution in [3.63, 3.8) is 0 Å². The molecule has 6 nitrogen and oxygen atoms in total. The van der Waals surface area contributed by atoms with Gasteiger partial charge in [-0.1, -0.05) is 0 Å². The summed E-state index contributed by atoms with van der Waals surface area (Å²) < 4.78 is 15.0. The van der Waals surface area contributed by atoms with Crippen molar-refractivity contribution < 1.29 is 14.1 Å². The van der Waals surface area contributed by atoms with Crippen LogP contribution in [0.1, 0.15) is 10.5 Å². The van der Waals surface area contributed by atoms with Crippen molar-refractivity contribution in [1.82, 2.24) is 4.57 Å². The van der Waals surface area contributed by atoms with Crippen molar-refractivity contribution in [2.75, 3.05) is 5.32 Å². The first kappa shape index (κ1) is 14.2. The molecule has 1 aromatic heterocycles. The van der Waals surface area contributed by atoms with Crippen LogP contribution >= 0.6 is 15.9 Å². The van der Waals surface area contributed by atoms with Crippen LogP contribution in [0, 0.1) is 15.9 Å². The SMILES string of the molecule is Cn1cc([N+](=O)[O-])cc1C(=O)Nc1cc(F)ccc1Br. The van der Waals surface area contributed by atoms with Crippen molar-refractivity contribution in [1.29, 1.82) is 0 Å². The van der Waals surface area contributed by atoms with E-state index in [0.29, 0.717) is 4.47 Å². The van der Waals surface area contributed by atoms with Crippen LogP contribution in [0.5, 0.6) is 0 Å². The van der Waals surface area contributed by atoms with E-state index < -0.39 is 16.6 Å². The smallest absolute Gasteiger partial charge is 0.287 e. The van der Waals surface area contributed by atoms with Gasteiger partial charge >= 0.3 is 0 Å². The van der Waals surface area contributed by atoms with E-state index >= 15 is 0 Å². The number of nitrogens with one attached hydrogen (secondary N) is 1. The molecule has 8 heteroatoms. The number of rotatable bonds is 3. The molecule has 0 unspecified atom stereocenters. The minimum Gasteiger partial charge on any atom is -0.340 e. The molecule has 0 aliphatic heterocycles. The first-order chi connectivity index (χ1) is 9.38. The normalized spacial score (nSPS) is 10.3. The van der Waals surface area contributed by atoms with Crippen molar-refractivity contribution in [3.05, 3.63) is 56.6 Å². The molecule has 0 saturated carbocycles. The standard InChI is InChI=1S/C12H9BrFN3O3/c1-16-6-8(17(19)20)5-11(16)12(18)15-10-4-7(14)2-3-9(10)13/h2-6H,1H3,(H,15,18). The van der Waals surface area contributed by atoms with Crippen LogP contribution in [-0.4, -0.2) is 15.4 Å². The fourth-order valence-electron chi connectivity index (χ4n) is 1.65. The highest BCUT2D eigenvalue weighted by molar-refractivity contribution is 9.10. The molecule has 104 valence electrons. The summed E-state index contributed by atoms with van der Waals surface area (Å²) >= 11 is 3.18. The first-order valence-corrected chi connectivity index (χ1v) is 6.25. The lowest BCUT2D eigenvalue weighted by atomic mass is 10.3. The van der Waals surface area contributed by atoms with Crippen LogP contribution in [0.15, 0.2) is 34.9 Å². The van der Waals surface area contributed by atoms with Gasteiger partial charge in [-0.15, -0.1) is 0 Å². The quantitative estimate of drug-likeness (QED) is 0.688. The van der Waals surface area contributed by atoms with Crippen molar-refractivity contribution in [3.8, 4) is 0 Å². The Morgan fingerprint density at radius 3 is 2.75 bits per heavy atom. The number of anilines is 1. The second kappa shape index (κ2) is 5.41. The molecule has 0 bridgehead atoms. The van der Waals surface area contributed by atoms with Gasteiger partial charge in [0.15, 0.2) is 0 Å². The molecule has 0 aliphatic rings. The zero-order valence-corrected chi connectivity index (χ0v) is 11.8. The van der Waals surface area contributed by atoms with Gasteiger partial charge in [0.05, 0.1) is 16.8 Å². The summed E-state index contributed by atoms with van der Waals surface area (Å²) in [5.74, 6) is -1.06. The van der Waals surface area contributed by atoms with E-state index in [1.165, 1.54) is 29.9 Å². The maximum atomic E-state index is 13.1. The average Bonchev–Trinajstić information content (AvgIpc) is 2.76. The molecule has 1 amide bonds. The number of nitrogens with zero attached hydrogens (tertiary/aromatic N) is 2. The van der Waals surface area contributed by atoms with E-state index in [1.807, 2.05) is 0 Å². The van der Waals surface area contributed by atoms with Gasteiger partial charge in [0.2, 0.25) is 0 Å². The number of aromatic nitrogens is 1. The second-order valence-electron chi connectivity index (χ2n) is 4.03. The van der Waals surface area contributed by atoms with E-state index in [9.17, 15) is 19.3 Å². The number of amides is 1. The van der Waals surface area contributed by atoms with E-state index in [2.05, 4.69) is 21.2 Å². The molecular formula is C12H9BrFN3O3. The maximum absolute atomic E-state index is 13.1. The molecule has 0 spiro atoms. The minimum atomic E-state index is -0.588. The summed E-state index contributed by atoms with van der Waals surface area (Å²) in [6, 6.07) is 5.01. The summed E-state index contributed by atoms with van der Waals surface area (Å²) in [6.07, 6.45) is 1.23. The van der Waals surface area contributed by atoms with Crippen LogP contribution in [-0.2, 0) is 7.05 Å². The molecule has 2 aromatic rings. The number of hydrogen-bond acceptors (Lipinski definition) is 3. The predicted octanol–water partition coefficient (Wildman–Crippen LogP) is 3.09. The summed E-state index contributed by atoms with van der Waals surface area (Å²) in [6.45, 7) is 0. The molecule has 20 heavy (non-hydrogen) atoms. The first-order valence-electron chi connectivity index (χ1n) is 5.45. The van der Waals surface area contributed by atoms with Crippen molar-refractivity contribution in [2.45, 2.75) is 0 Å². The Balaban J connectivity index is 2.28. The predicted molar refractivity (Wildman–Crippen MR) is 74.1 cm³/mol. The third-order valence-electron chi connectivity index (χ3n) is 2.61. The Morgan fingerprint density at radius 1 is 1.45 bits per heavy atom. The van der Waals surface area contributed by atoms with Gasteiger partial charge in [-0.2, -0.15) is 0 Å². The van der Waals surface area contributed by atoms with Gasteiger partial charge in [-0.25, -0.2) is 4.39 Å². The molecule has 2 rings (SSSR count). The van der Waals surface area contributed by atoms with E-state index in [1.54, 1.807) is 0 Å². The lowest BCUT2D eigenvalue weighted by Crippen LogP contribution is -2.15. The Labute approximate surface area is 121 Å². The number of nitro groups is 1. The van der Waals surface area contributed by atoms with Gasteiger partial charge in [0.1, 0.15) is 11.5 Å². The van der Waals surface area contributed by atoms with Crippen LogP contribution < -0.4 is 5.32 Å². The number of aryl methyl sites for hydroxylation is 1. The monoisotopic (exact) mass is 341 g/mol. The van der Waals surface area contributed by atoms with Crippen LogP contribution in [0.2, 0.25) is 0 Å². The fourth-order valence-corrected chi connectivity index (χ4v) is 2.00. The van der Waals surface area contributed by atoms with Crippen LogP contribution in [0.25, 0.3) is 0 Å². The number of benzene rings is 1. The number of carbonyl (C=O) groups is 1. The third kappa shape index (κ3) is 2.85. The van der Waals surface area contributed by atoms with E-state index in [0.717, 1.165) is 12.1 Å². The summed E-state index contributed by atoms with van der Waals surface area (Å²) in [4.78, 5) is 22.1. The van der Waals surface area contributed by atoms with Crippen molar-refractivity contribution in [2.24, 2.45) is 7.05 Å². The molecule has 0 saturated heterocycles. The van der Waals surface area contributed by atoms with Gasteiger partial charge in [-0.3, -0.25) is 14.9 Å². The highest BCUT2D eigenvalue weighted by atomic mass is 79.9. The molecule has 1 N–H and O–H groups in total. The molecule has 0 radical (unpaired) electrons. The molecule has 1 heterocycles. The summed E-state index contributed by atoms with van der Waals surface area (Å²) in [5.41, 5.74) is 0.169. The van der Waals surface area contributed by atoms with Crippen LogP contribution in [0.4, 0.5) is 15.8 Å². The maximum Gasteiger partial charge on any atom is 0.287 e. The molecule has 1 aromatic carbocycles. The molecule has 0 fully saturated rings. The van der Waals surface area contributed by atoms with E-state index in [4.69, 9.17) is 0 Å². The van der Waals surface area contributed by atoms with Gasteiger partial charge in [0.25, 0.3) is 11.6 Å². The fraction of sp³-hybridized carbons (Fsp3) is 0.0833. The van der Waals surface area contributed by atoms with Crippen molar-refractivity contribution >= 4 is 33.2 Å². The average molecular weight is 342 g/mol. The van der Waals surface area contributed by atoms with Gasteiger partial charge < -0.3 is 9.88 Å². The third-order valence-corrected chi connectivity index (χ3v) is 3.30. The zero-order valence-electron chi connectivity index (χ0n) is 10.3. The minimum absolute atomic E-state index is 0.105. The molecule has 0 aliphatic carbocycles. The Kier molecular flexibility index (Phi) is 3.84. The summed E-state index contributed by atoms with van der Waals surface area (Å²) in [5, 5.41) is 13.1. The largest absolute Gasteiger partial charge is 0.340 e. The Morgan fingerprint density at radius 2 is 2.15 bits per heavy atom. The summed E-state index contributed by atoms with van der Waals surface area (Å²) in [7, 11) is 1.52. The molecular weight excluding hydrogens is 333 g/mol. The Bertz CT molecular complexity index is 699. The van der Waals surface area contributed by atoms with Crippen LogP contribution in [0.3, 0.4) is 0 Å². The lowest BCUT2D eigenvalue weighted by molar-refractivity contribution is -0.384. The van der Waals surface area contributed by atoms with Gasteiger partial charge in [-0.05, 0) is 34.1 Å². The van der Waals surface area contributed by atoms with Gasteiger partial charge in [0, 0.05) is 17.6 Å². The highest BCUT2D eigenvalue weighted by Crippen LogP contribution is 2.24. The number of hydrogen-bond donors (Lipinski definition) is 1. The second-order valence-corrected chi connectivity index (χ2v) is 4.88. The lowest BCUT2D eigenvalue weighted by Gasteiger charge is -2.07.